The summed E-state index contributed by atoms with van der Waals surface area (Å²) in [6, 6.07) is 12.6. The third-order valence-corrected chi connectivity index (χ3v) is 6.02. The molecule has 6 nitrogen and oxygen atoms in total. The molecule has 27 heavy (non-hydrogen) atoms. The Morgan fingerprint density at radius 2 is 1.56 bits per heavy atom. The van der Waals surface area contributed by atoms with Crippen molar-refractivity contribution in [2.75, 3.05) is 24.2 Å². The molecular formula is C20H24N2O4S. The number of hydrogen-bond acceptors (Lipinski definition) is 4. The fourth-order valence-electron chi connectivity index (χ4n) is 2.61. The van der Waals surface area contributed by atoms with Gasteiger partial charge in [-0.25, -0.2) is 8.42 Å². The average Bonchev–Trinajstić information content (AvgIpc) is 2.69. The van der Waals surface area contributed by atoms with Crippen LogP contribution in [0.5, 0.6) is 0 Å². The molecule has 0 saturated heterocycles. The topological polar surface area (TPSA) is 83.6 Å². The van der Waals surface area contributed by atoms with E-state index in [1.165, 1.54) is 24.3 Å². The molecule has 1 N–H and O–H groups in total. The molecule has 0 saturated carbocycles. The predicted octanol–water partition coefficient (Wildman–Crippen LogP) is 3.21. The number of carbonyl (C=O) groups excluding carboxylic acids is 2. The first-order valence-electron chi connectivity index (χ1n) is 8.85. The van der Waals surface area contributed by atoms with Crippen LogP contribution in [-0.4, -0.2) is 44.0 Å². The number of anilines is 1. The third kappa shape index (κ3) is 4.95. The van der Waals surface area contributed by atoms with E-state index < -0.39 is 9.84 Å². The molecule has 0 aliphatic rings. The summed E-state index contributed by atoms with van der Waals surface area (Å²) in [7, 11) is -3.30. The lowest BCUT2D eigenvalue weighted by molar-refractivity contribution is 0.0772. The van der Waals surface area contributed by atoms with Gasteiger partial charge in [0.2, 0.25) is 0 Å². The second kappa shape index (κ2) is 8.81. The molecule has 0 heterocycles. The number of benzene rings is 2. The number of nitrogens with zero attached hydrogens (tertiary/aromatic N) is 1. The molecule has 7 heteroatoms. The smallest absolute Gasteiger partial charge is 0.255 e. The summed E-state index contributed by atoms with van der Waals surface area (Å²) in [5.74, 6) is -0.459. The quantitative estimate of drug-likeness (QED) is 0.789. The number of carbonyl (C=O) groups is 2. The monoisotopic (exact) mass is 388 g/mol. The highest BCUT2D eigenvalue weighted by Gasteiger charge is 2.15. The van der Waals surface area contributed by atoms with E-state index in [9.17, 15) is 18.0 Å². The van der Waals surface area contributed by atoms with Gasteiger partial charge in [0.25, 0.3) is 11.8 Å². The molecule has 0 bridgehead atoms. The van der Waals surface area contributed by atoms with Gasteiger partial charge in [-0.15, -0.1) is 0 Å². The normalized spacial score (nSPS) is 11.1. The maximum Gasteiger partial charge on any atom is 0.255 e. The van der Waals surface area contributed by atoms with Crippen molar-refractivity contribution in [3.8, 4) is 0 Å². The second-order valence-electron chi connectivity index (χ2n) is 5.94. The lowest BCUT2D eigenvalue weighted by atomic mass is 10.1. The molecule has 0 atom stereocenters. The number of nitrogens with one attached hydrogen (secondary N) is 1. The van der Waals surface area contributed by atoms with Crippen molar-refractivity contribution in [3.63, 3.8) is 0 Å². The van der Waals surface area contributed by atoms with Gasteiger partial charge in [-0.2, -0.15) is 0 Å². The fourth-order valence-corrected chi connectivity index (χ4v) is 3.49. The minimum atomic E-state index is -3.30. The number of rotatable bonds is 7. The molecule has 144 valence electrons. The van der Waals surface area contributed by atoms with Crippen LogP contribution in [0.2, 0.25) is 0 Å². The van der Waals surface area contributed by atoms with Crippen LogP contribution in [0.1, 0.15) is 41.5 Å². The van der Waals surface area contributed by atoms with Crippen LogP contribution in [0, 0.1) is 0 Å². The largest absolute Gasteiger partial charge is 0.339 e. The standard InChI is InChI=1S/C20H24N2O4S/c1-4-22(5-2)20(24)16-8-7-9-17(14-16)21-19(23)15-10-12-18(13-11-15)27(25,26)6-3/h7-14H,4-6H2,1-3H3,(H,21,23). The van der Waals surface area contributed by atoms with Gasteiger partial charge >= 0.3 is 0 Å². The first-order valence-corrected chi connectivity index (χ1v) is 10.5. The molecule has 0 fully saturated rings. The summed E-state index contributed by atoms with van der Waals surface area (Å²) < 4.78 is 23.7. The molecule has 0 spiro atoms. The molecule has 0 unspecified atom stereocenters. The average molecular weight is 388 g/mol. The van der Waals surface area contributed by atoms with Gasteiger partial charge in [0.15, 0.2) is 9.84 Å². The predicted molar refractivity (Wildman–Crippen MR) is 106 cm³/mol. The Labute approximate surface area is 160 Å². The maximum absolute atomic E-state index is 12.4. The summed E-state index contributed by atoms with van der Waals surface area (Å²) in [5, 5.41) is 2.74. The zero-order valence-electron chi connectivity index (χ0n) is 15.7. The molecule has 0 aromatic heterocycles. The van der Waals surface area contributed by atoms with Gasteiger partial charge in [-0.05, 0) is 56.3 Å². The van der Waals surface area contributed by atoms with Crippen LogP contribution in [0.15, 0.2) is 53.4 Å². The Morgan fingerprint density at radius 1 is 0.926 bits per heavy atom. The van der Waals surface area contributed by atoms with E-state index in [0.29, 0.717) is 29.9 Å². The fraction of sp³-hybridized carbons (Fsp3) is 0.300. The van der Waals surface area contributed by atoms with Crippen LogP contribution in [0.25, 0.3) is 0 Å². The SMILES string of the molecule is CCN(CC)C(=O)c1cccc(NC(=O)c2ccc(S(=O)(=O)CC)cc2)c1. The van der Waals surface area contributed by atoms with E-state index in [4.69, 9.17) is 0 Å². The molecule has 0 radical (unpaired) electrons. The summed E-state index contributed by atoms with van der Waals surface area (Å²) in [4.78, 5) is 26.7. The van der Waals surface area contributed by atoms with Crippen molar-refractivity contribution in [2.45, 2.75) is 25.7 Å². The van der Waals surface area contributed by atoms with Gasteiger partial charge in [0.1, 0.15) is 0 Å². The lowest BCUT2D eigenvalue weighted by Crippen LogP contribution is -2.30. The van der Waals surface area contributed by atoms with Crippen molar-refractivity contribution < 1.29 is 18.0 Å². The van der Waals surface area contributed by atoms with Gasteiger partial charge in [0.05, 0.1) is 10.6 Å². The van der Waals surface area contributed by atoms with Crippen LogP contribution in [0.4, 0.5) is 5.69 Å². The first-order chi connectivity index (χ1) is 12.8. The highest BCUT2D eigenvalue weighted by Crippen LogP contribution is 2.16. The second-order valence-corrected chi connectivity index (χ2v) is 8.22. The summed E-state index contributed by atoms with van der Waals surface area (Å²) >= 11 is 0. The highest BCUT2D eigenvalue weighted by molar-refractivity contribution is 7.91. The zero-order valence-corrected chi connectivity index (χ0v) is 16.5. The molecule has 0 aliphatic heterocycles. The Balaban J connectivity index is 2.16. The Morgan fingerprint density at radius 3 is 2.11 bits per heavy atom. The number of hydrogen-bond donors (Lipinski definition) is 1. The summed E-state index contributed by atoms with van der Waals surface area (Å²) in [5.41, 5.74) is 1.34. The zero-order chi connectivity index (χ0) is 20.0. The van der Waals surface area contributed by atoms with E-state index >= 15 is 0 Å². The third-order valence-electron chi connectivity index (χ3n) is 4.27. The molecule has 0 aliphatic carbocycles. The molecule has 2 rings (SSSR count). The minimum absolute atomic E-state index is 0.00585. The van der Waals surface area contributed by atoms with Crippen LogP contribution < -0.4 is 5.32 Å². The molecule has 2 aromatic rings. The Kier molecular flexibility index (Phi) is 6.74. The van der Waals surface area contributed by atoms with Crippen molar-refractivity contribution >= 4 is 27.3 Å². The minimum Gasteiger partial charge on any atom is -0.339 e. The maximum atomic E-state index is 12.4. The van der Waals surface area contributed by atoms with Gasteiger partial charge < -0.3 is 10.2 Å². The van der Waals surface area contributed by atoms with E-state index in [0.717, 1.165) is 0 Å². The van der Waals surface area contributed by atoms with E-state index in [1.807, 2.05) is 13.8 Å². The van der Waals surface area contributed by atoms with Crippen LogP contribution >= 0.6 is 0 Å². The number of sulfone groups is 1. The van der Waals surface area contributed by atoms with Gasteiger partial charge in [-0.1, -0.05) is 13.0 Å². The van der Waals surface area contributed by atoms with Crippen molar-refractivity contribution in [1.82, 2.24) is 4.90 Å². The Hall–Kier alpha value is -2.67. The lowest BCUT2D eigenvalue weighted by Gasteiger charge is -2.19. The first kappa shape index (κ1) is 20.6. The highest BCUT2D eigenvalue weighted by atomic mass is 32.2. The molecule has 2 aromatic carbocycles. The summed E-state index contributed by atoms with van der Waals surface area (Å²) in [6.07, 6.45) is 0. The van der Waals surface area contributed by atoms with E-state index in [-0.39, 0.29) is 22.5 Å². The van der Waals surface area contributed by atoms with E-state index in [1.54, 1.807) is 36.1 Å². The van der Waals surface area contributed by atoms with E-state index in [2.05, 4.69) is 5.32 Å². The van der Waals surface area contributed by atoms with Crippen LogP contribution in [-0.2, 0) is 9.84 Å². The van der Waals surface area contributed by atoms with Gasteiger partial charge in [-0.3, -0.25) is 9.59 Å². The molecular weight excluding hydrogens is 364 g/mol. The molecule has 2 amide bonds. The Bertz CT molecular complexity index is 917. The van der Waals surface area contributed by atoms with Crippen LogP contribution in [0.3, 0.4) is 0 Å². The number of amides is 2. The van der Waals surface area contributed by atoms with Crippen molar-refractivity contribution in [1.29, 1.82) is 0 Å². The van der Waals surface area contributed by atoms with Crippen molar-refractivity contribution in [3.05, 3.63) is 59.7 Å². The summed E-state index contributed by atoms with van der Waals surface area (Å²) in [6.45, 7) is 6.62. The van der Waals surface area contributed by atoms with Gasteiger partial charge in [0, 0.05) is 29.9 Å². The van der Waals surface area contributed by atoms with Crippen molar-refractivity contribution in [2.24, 2.45) is 0 Å².